The third-order valence-electron chi connectivity index (χ3n) is 5.88. The molecule has 7 nitrogen and oxygen atoms in total. The SMILES string of the molecule is CN1CCC(O)(c2ccc3c(c2)CN(C2CCC(=O)NC2=O)C3=O)CC1. The molecule has 1 aromatic carbocycles. The Morgan fingerprint density at radius 1 is 1.19 bits per heavy atom. The summed E-state index contributed by atoms with van der Waals surface area (Å²) in [5, 5.41) is 13.3. The molecule has 3 aliphatic heterocycles. The molecule has 0 spiro atoms. The molecule has 2 N–H and O–H groups in total. The summed E-state index contributed by atoms with van der Waals surface area (Å²) in [5.41, 5.74) is 1.38. The number of piperidine rings is 2. The molecule has 3 amide bonds. The van der Waals surface area contributed by atoms with Crippen molar-refractivity contribution >= 4 is 17.7 Å². The minimum absolute atomic E-state index is 0.184. The lowest BCUT2D eigenvalue weighted by atomic mass is 9.83. The fourth-order valence-electron chi connectivity index (χ4n) is 4.14. The maximum absolute atomic E-state index is 12.7. The lowest BCUT2D eigenvalue weighted by Gasteiger charge is -2.37. The van der Waals surface area contributed by atoms with Crippen molar-refractivity contribution in [3.8, 4) is 0 Å². The molecule has 0 saturated carbocycles. The van der Waals surface area contributed by atoms with E-state index >= 15 is 0 Å². The van der Waals surface area contributed by atoms with Crippen molar-refractivity contribution in [3.05, 3.63) is 34.9 Å². The highest BCUT2D eigenvalue weighted by Gasteiger charge is 2.40. The van der Waals surface area contributed by atoms with Crippen LogP contribution in [0.4, 0.5) is 0 Å². The molecule has 3 aliphatic rings. The van der Waals surface area contributed by atoms with E-state index in [9.17, 15) is 19.5 Å². The van der Waals surface area contributed by atoms with E-state index in [2.05, 4.69) is 10.2 Å². The van der Waals surface area contributed by atoms with Gasteiger partial charge in [0.15, 0.2) is 0 Å². The summed E-state index contributed by atoms with van der Waals surface area (Å²) < 4.78 is 0. The maximum atomic E-state index is 12.7. The quantitative estimate of drug-likeness (QED) is 0.746. The normalized spacial score (nSPS) is 26.0. The number of hydrogen-bond donors (Lipinski definition) is 2. The highest BCUT2D eigenvalue weighted by Crippen LogP contribution is 2.36. The monoisotopic (exact) mass is 357 g/mol. The van der Waals surface area contributed by atoms with E-state index in [0.29, 0.717) is 31.4 Å². The van der Waals surface area contributed by atoms with Crippen molar-refractivity contribution in [1.82, 2.24) is 15.1 Å². The van der Waals surface area contributed by atoms with E-state index in [1.54, 1.807) is 6.07 Å². The van der Waals surface area contributed by atoms with Crippen LogP contribution in [0.15, 0.2) is 18.2 Å². The minimum atomic E-state index is -0.868. The molecule has 2 saturated heterocycles. The van der Waals surface area contributed by atoms with Crippen molar-refractivity contribution in [1.29, 1.82) is 0 Å². The van der Waals surface area contributed by atoms with E-state index in [0.717, 1.165) is 24.2 Å². The second-order valence-corrected chi connectivity index (χ2v) is 7.61. The molecule has 1 atom stereocenters. The molecule has 2 fully saturated rings. The fraction of sp³-hybridized carbons (Fsp3) is 0.526. The molecule has 0 bridgehead atoms. The van der Waals surface area contributed by atoms with Gasteiger partial charge in [-0.2, -0.15) is 0 Å². The summed E-state index contributed by atoms with van der Waals surface area (Å²) in [4.78, 5) is 39.9. The van der Waals surface area contributed by atoms with E-state index in [-0.39, 0.29) is 18.2 Å². The molecular formula is C19H23N3O4. The van der Waals surface area contributed by atoms with E-state index in [1.807, 2.05) is 19.2 Å². The number of nitrogens with one attached hydrogen (secondary N) is 1. The third kappa shape index (κ3) is 2.81. The Kier molecular flexibility index (Phi) is 4.08. The van der Waals surface area contributed by atoms with Crippen molar-refractivity contribution in [3.63, 3.8) is 0 Å². The zero-order valence-corrected chi connectivity index (χ0v) is 14.8. The van der Waals surface area contributed by atoms with Gasteiger partial charge in [0.2, 0.25) is 11.8 Å². The van der Waals surface area contributed by atoms with Gasteiger partial charge in [-0.25, -0.2) is 0 Å². The Morgan fingerprint density at radius 3 is 2.62 bits per heavy atom. The number of carbonyl (C=O) groups excluding carboxylic acids is 3. The van der Waals surface area contributed by atoms with Crippen LogP contribution in [0.2, 0.25) is 0 Å². The number of likely N-dealkylation sites (tertiary alicyclic amines) is 1. The maximum Gasteiger partial charge on any atom is 0.255 e. The van der Waals surface area contributed by atoms with Crippen LogP contribution < -0.4 is 5.32 Å². The Labute approximate surface area is 152 Å². The Morgan fingerprint density at radius 2 is 1.92 bits per heavy atom. The molecule has 26 heavy (non-hydrogen) atoms. The molecule has 0 radical (unpaired) electrons. The second-order valence-electron chi connectivity index (χ2n) is 7.61. The van der Waals surface area contributed by atoms with Crippen LogP contribution in [0.1, 0.15) is 47.2 Å². The first-order valence-electron chi connectivity index (χ1n) is 9.06. The molecule has 138 valence electrons. The van der Waals surface area contributed by atoms with E-state index in [1.165, 1.54) is 4.90 Å². The molecule has 4 rings (SSSR count). The van der Waals surface area contributed by atoms with Crippen LogP contribution in [0.25, 0.3) is 0 Å². The highest BCUT2D eigenvalue weighted by molar-refractivity contribution is 6.05. The molecule has 7 heteroatoms. The number of carbonyl (C=O) groups is 3. The fourth-order valence-corrected chi connectivity index (χ4v) is 4.14. The molecule has 0 aromatic heterocycles. The lowest BCUT2D eigenvalue weighted by molar-refractivity contribution is -0.136. The first-order chi connectivity index (χ1) is 12.4. The van der Waals surface area contributed by atoms with Gasteiger partial charge in [-0.05, 0) is 43.5 Å². The van der Waals surface area contributed by atoms with Gasteiger partial charge in [0.25, 0.3) is 5.91 Å². The zero-order valence-electron chi connectivity index (χ0n) is 14.8. The number of hydrogen-bond acceptors (Lipinski definition) is 5. The Balaban J connectivity index is 1.57. The van der Waals surface area contributed by atoms with Crippen molar-refractivity contribution in [2.24, 2.45) is 0 Å². The first kappa shape index (κ1) is 17.2. The number of nitrogens with zero attached hydrogens (tertiary/aromatic N) is 2. The minimum Gasteiger partial charge on any atom is -0.385 e. The summed E-state index contributed by atoms with van der Waals surface area (Å²) in [5.74, 6) is -0.879. The van der Waals surface area contributed by atoms with Gasteiger partial charge in [-0.3, -0.25) is 19.7 Å². The van der Waals surface area contributed by atoms with Crippen LogP contribution in [-0.2, 0) is 21.7 Å². The van der Waals surface area contributed by atoms with Gasteiger partial charge in [-0.15, -0.1) is 0 Å². The van der Waals surface area contributed by atoms with Crippen LogP contribution >= 0.6 is 0 Å². The highest BCUT2D eigenvalue weighted by atomic mass is 16.3. The predicted molar refractivity (Wildman–Crippen MR) is 93.1 cm³/mol. The van der Waals surface area contributed by atoms with Gasteiger partial charge in [0, 0.05) is 31.6 Å². The molecule has 1 unspecified atom stereocenters. The topological polar surface area (TPSA) is 89.9 Å². The van der Waals surface area contributed by atoms with E-state index in [4.69, 9.17) is 0 Å². The average molecular weight is 357 g/mol. The van der Waals surface area contributed by atoms with Gasteiger partial charge >= 0.3 is 0 Å². The van der Waals surface area contributed by atoms with Crippen molar-refractivity contribution in [2.75, 3.05) is 20.1 Å². The van der Waals surface area contributed by atoms with Crippen LogP contribution in [0.5, 0.6) is 0 Å². The van der Waals surface area contributed by atoms with Crippen LogP contribution in [-0.4, -0.2) is 58.8 Å². The van der Waals surface area contributed by atoms with Crippen molar-refractivity contribution in [2.45, 2.75) is 43.9 Å². The molecule has 3 heterocycles. The van der Waals surface area contributed by atoms with Crippen molar-refractivity contribution < 1.29 is 19.5 Å². The predicted octanol–water partition coefficient (Wildman–Crippen LogP) is 0.361. The summed E-state index contributed by atoms with van der Waals surface area (Å²) >= 11 is 0. The Hall–Kier alpha value is -2.25. The average Bonchev–Trinajstić information content (AvgIpc) is 2.94. The van der Waals surface area contributed by atoms with Gasteiger partial charge in [0.05, 0.1) is 5.60 Å². The largest absolute Gasteiger partial charge is 0.385 e. The number of amides is 3. The second kappa shape index (κ2) is 6.17. The van der Waals surface area contributed by atoms with Gasteiger partial charge in [-0.1, -0.05) is 12.1 Å². The molecule has 0 aliphatic carbocycles. The number of fused-ring (bicyclic) bond motifs is 1. The van der Waals surface area contributed by atoms with Crippen LogP contribution in [0.3, 0.4) is 0 Å². The molecule has 1 aromatic rings. The number of imide groups is 1. The summed E-state index contributed by atoms with van der Waals surface area (Å²) in [6, 6.07) is 4.89. The van der Waals surface area contributed by atoms with Gasteiger partial charge < -0.3 is 14.9 Å². The van der Waals surface area contributed by atoms with E-state index < -0.39 is 17.6 Å². The zero-order chi connectivity index (χ0) is 18.5. The first-order valence-corrected chi connectivity index (χ1v) is 9.06. The van der Waals surface area contributed by atoms with Crippen LogP contribution in [0, 0.1) is 0 Å². The third-order valence-corrected chi connectivity index (χ3v) is 5.88. The number of rotatable bonds is 2. The summed E-state index contributed by atoms with van der Waals surface area (Å²) in [6.45, 7) is 1.99. The lowest BCUT2D eigenvalue weighted by Crippen LogP contribution is -2.52. The smallest absolute Gasteiger partial charge is 0.255 e. The Bertz CT molecular complexity index is 783. The summed E-state index contributed by atoms with van der Waals surface area (Å²) in [6.07, 6.45) is 1.92. The summed E-state index contributed by atoms with van der Waals surface area (Å²) in [7, 11) is 2.04. The van der Waals surface area contributed by atoms with Gasteiger partial charge in [0.1, 0.15) is 6.04 Å². The standard InChI is InChI=1S/C19H23N3O4/c1-21-8-6-19(26,7-9-21)13-2-3-14-12(10-13)11-22(18(14)25)15-4-5-16(23)20-17(15)24/h2-3,10,15,26H,4-9,11H2,1H3,(H,20,23,24). The number of aliphatic hydroxyl groups is 1. The number of benzene rings is 1. The molecular weight excluding hydrogens is 334 g/mol.